The van der Waals surface area contributed by atoms with Gasteiger partial charge in [0.15, 0.2) is 0 Å². The number of ether oxygens (including phenoxy) is 1. The van der Waals surface area contributed by atoms with Crippen LogP contribution in [0.4, 0.5) is 26.4 Å². The van der Waals surface area contributed by atoms with Crippen LogP contribution in [-0.2, 0) is 0 Å². The summed E-state index contributed by atoms with van der Waals surface area (Å²) in [6, 6.07) is 5.90. The molecule has 1 aromatic heterocycles. The van der Waals surface area contributed by atoms with Crippen molar-refractivity contribution in [3.8, 4) is 5.75 Å². The molecule has 0 saturated heterocycles. The quantitative estimate of drug-likeness (QED) is 0.885. The summed E-state index contributed by atoms with van der Waals surface area (Å²) < 4.78 is 28.3. The Bertz CT molecular complexity index is 582. The zero-order chi connectivity index (χ0) is 14.5. The monoisotopic (exact) mass is 301 g/mol. The van der Waals surface area contributed by atoms with Gasteiger partial charge in [-0.15, -0.1) is 0 Å². The van der Waals surface area contributed by atoms with Gasteiger partial charge in [0, 0.05) is 12.7 Å². The fourth-order valence-electron chi connectivity index (χ4n) is 1.37. The highest BCUT2D eigenvalue weighted by atomic mass is 35.5. The number of hydrogen-bond donors (Lipinski definition) is 2. The fraction of sp³-hybridized carbons (Fsp3) is 0.182. The number of alkyl halides is 2. The van der Waals surface area contributed by atoms with Crippen molar-refractivity contribution in [3.05, 3.63) is 29.5 Å². The summed E-state index contributed by atoms with van der Waals surface area (Å²) in [5, 5.41) is 5.64. The average Bonchev–Trinajstić information content (AvgIpc) is 2.39. The molecular weight excluding hydrogens is 292 g/mol. The van der Waals surface area contributed by atoms with E-state index in [0.717, 1.165) is 0 Å². The number of nitrogens with zero attached hydrogens (tertiary/aromatic N) is 3. The molecule has 2 rings (SSSR count). The highest BCUT2D eigenvalue weighted by Crippen LogP contribution is 2.20. The van der Waals surface area contributed by atoms with Crippen molar-refractivity contribution < 1.29 is 13.5 Å². The Labute approximate surface area is 118 Å². The molecule has 0 bridgehead atoms. The van der Waals surface area contributed by atoms with E-state index in [0.29, 0.717) is 11.6 Å². The van der Waals surface area contributed by atoms with E-state index in [9.17, 15) is 8.78 Å². The van der Waals surface area contributed by atoms with Crippen molar-refractivity contribution in [2.24, 2.45) is 0 Å². The van der Waals surface area contributed by atoms with Crippen molar-refractivity contribution in [2.45, 2.75) is 6.61 Å². The standard InChI is InChI=1S/C11H10ClF2N5O/c1-15-10-17-8(12)18-11(19-10)16-6-2-4-7(5-3-6)20-9(13)14/h2-5,9H,1H3,(H2,15,16,17,18,19). The van der Waals surface area contributed by atoms with Crippen molar-refractivity contribution in [3.63, 3.8) is 0 Å². The van der Waals surface area contributed by atoms with Gasteiger partial charge in [-0.1, -0.05) is 0 Å². The summed E-state index contributed by atoms with van der Waals surface area (Å²) in [5.74, 6) is 0.608. The van der Waals surface area contributed by atoms with E-state index in [4.69, 9.17) is 11.6 Å². The third-order valence-electron chi connectivity index (χ3n) is 2.17. The third kappa shape index (κ3) is 3.89. The lowest BCUT2D eigenvalue weighted by Crippen LogP contribution is -2.04. The Hall–Kier alpha value is -2.22. The fourth-order valence-corrected chi connectivity index (χ4v) is 1.53. The lowest BCUT2D eigenvalue weighted by Gasteiger charge is -2.08. The summed E-state index contributed by atoms with van der Waals surface area (Å²) in [5.41, 5.74) is 0.593. The maximum Gasteiger partial charge on any atom is 0.387 e. The first-order valence-corrected chi connectivity index (χ1v) is 5.86. The Morgan fingerprint density at radius 3 is 2.35 bits per heavy atom. The molecule has 2 aromatic rings. The molecule has 106 valence electrons. The minimum absolute atomic E-state index is 0.0319. The van der Waals surface area contributed by atoms with Crippen LogP contribution in [0.2, 0.25) is 5.28 Å². The molecular formula is C11H10ClF2N5O. The van der Waals surface area contributed by atoms with E-state index >= 15 is 0 Å². The number of aromatic nitrogens is 3. The van der Waals surface area contributed by atoms with Crippen molar-refractivity contribution >= 4 is 29.2 Å². The van der Waals surface area contributed by atoms with Crippen LogP contribution < -0.4 is 15.4 Å². The van der Waals surface area contributed by atoms with Crippen LogP contribution >= 0.6 is 11.6 Å². The van der Waals surface area contributed by atoms with Crippen molar-refractivity contribution in [2.75, 3.05) is 17.7 Å². The number of rotatable bonds is 5. The van der Waals surface area contributed by atoms with E-state index in [-0.39, 0.29) is 17.0 Å². The molecule has 0 aliphatic rings. The van der Waals surface area contributed by atoms with E-state index in [1.54, 1.807) is 19.2 Å². The Morgan fingerprint density at radius 2 is 1.75 bits per heavy atom. The minimum Gasteiger partial charge on any atom is -0.435 e. The van der Waals surface area contributed by atoms with E-state index < -0.39 is 6.61 Å². The predicted molar refractivity (Wildman–Crippen MR) is 70.7 cm³/mol. The third-order valence-corrected chi connectivity index (χ3v) is 2.34. The lowest BCUT2D eigenvalue weighted by molar-refractivity contribution is -0.0498. The van der Waals surface area contributed by atoms with Gasteiger partial charge in [-0.25, -0.2) is 0 Å². The maximum absolute atomic E-state index is 12.0. The van der Waals surface area contributed by atoms with Crippen LogP contribution in [0.5, 0.6) is 5.75 Å². The maximum atomic E-state index is 12.0. The highest BCUT2D eigenvalue weighted by Gasteiger charge is 2.06. The second-order valence-electron chi connectivity index (χ2n) is 3.53. The SMILES string of the molecule is CNc1nc(Cl)nc(Nc2ccc(OC(F)F)cc2)n1. The van der Waals surface area contributed by atoms with Crippen LogP contribution in [0.3, 0.4) is 0 Å². The summed E-state index contributed by atoms with van der Waals surface area (Å²) >= 11 is 5.73. The molecule has 0 aliphatic carbocycles. The first-order valence-electron chi connectivity index (χ1n) is 5.48. The second kappa shape index (κ2) is 6.29. The molecule has 1 aromatic carbocycles. The van der Waals surface area contributed by atoms with E-state index in [1.165, 1.54) is 12.1 Å². The van der Waals surface area contributed by atoms with Crippen molar-refractivity contribution in [1.82, 2.24) is 15.0 Å². The van der Waals surface area contributed by atoms with Gasteiger partial charge in [0.1, 0.15) is 5.75 Å². The molecule has 0 unspecified atom stereocenters. The molecule has 1 heterocycles. The molecule has 0 saturated carbocycles. The predicted octanol–water partition coefficient (Wildman–Crippen LogP) is 2.91. The zero-order valence-electron chi connectivity index (χ0n) is 10.3. The minimum atomic E-state index is -2.85. The number of benzene rings is 1. The molecule has 20 heavy (non-hydrogen) atoms. The molecule has 0 spiro atoms. The number of nitrogens with one attached hydrogen (secondary N) is 2. The topological polar surface area (TPSA) is 72.0 Å². The summed E-state index contributed by atoms with van der Waals surface area (Å²) in [6.45, 7) is -2.85. The van der Waals surface area contributed by atoms with Gasteiger partial charge >= 0.3 is 6.61 Å². The Morgan fingerprint density at radius 1 is 1.10 bits per heavy atom. The zero-order valence-corrected chi connectivity index (χ0v) is 11.0. The Balaban J connectivity index is 2.11. The Kier molecular flexibility index (Phi) is 4.46. The van der Waals surface area contributed by atoms with Gasteiger partial charge in [-0.2, -0.15) is 23.7 Å². The van der Waals surface area contributed by atoms with Crippen LogP contribution in [-0.4, -0.2) is 28.6 Å². The van der Waals surface area contributed by atoms with Crippen molar-refractivity contribution in [1.29, 1.82) is 0 Å². The van der Waals surface area contributed by atoms with E-state index in [2.05, 4.69) is 30.3 Å². The summed E-state index contributed by atoms with van der Waals surface area (Å²) in [6.07, 6.45) is 0. The van der Waals surface area contributed by atoms with E-state index in [1.807, 2.05) is 0 Å². The second-order valence-corrected chi connectivity index (χ2v) is 3.87. The average molecular weight is 302 g/mol. The molecule has 2 N–H and O–H groups in total. The van der Waals surface area contributed by atoms with Gasteiger partial charge in [0.25, 0.3) is 0 Å². The molecule has 0 aliphatic heterocycles. The highest BCUT2D eigenvalue weighted by molar-refractivity contribution is 6.28. The molecule has 6 nitrogen and oxygen atoms in total. The first kappa shape index (κ1) is 14.2. The summed E-state index contributed by atoms with van der Waals surface area (Å²) in [7, 11) is 1.64. The number of anilines is 3. The van der Waals surface area contributed by atoms with Crippen LogP contribution in [0.15, 0.2) is 24.3 Å². The largest absolute Gasteiger partial charge is 0.435 e. The van der Waals surface area contributed by atoms with Gasteiger partial charge in [0.05, 0.1) is 0 Å². The normalized spacial score (nSPS) is 10.4. The molecule has 0 atom stereocenters. The molecule has 0 radical (unpaired) electrons. The van der Waals surface area contributed by atoms with Crippen LogP contribution in [0.25, 0.3) is 0 Å². The van der Waals surface area contributed by atoms with Gasteiger partial charge in [-0.05, 0) is 35.9 Å². The van der Waals surface area contributed by atoms with Crippen LogP contribution in [0.1, 0.15) is 0 Å². The molecule has 9 heteroatoms. The smallest absolute Gasteiger partial charge is 0.387 e. The van der Waals surface area contributed by atoms with Gasteiger partial charge in [0.2, 0.25) is 17.2 Å². The van der Waals surface area contributed by atoms with Gasteiger partial charge < -0.3 is 15.4 Å². The molecule has 0 fully saturated rings. The summed E-state index contributed by atoms with van der Waals surface area (Å²) in [4.78, 5) is 11.8. The van der Waals surface area contributed by atoms with Crippen LogP contribution in [0, 0.1) is 0 Å². The lowest BCUT2D eigenvalue weighted by atomic mass is 10.3. The number of hydrogen-bond acceptors (Lipinski definition) is 6. The number of halogens is 3. The molecule has 0 amide bonds. The first-order chi connectivity index (χ1) is 9.56. The van der Waals surface area contributed by atoms with Gasteiger partial charge in [-0.3, -0.25) is 0 Å².